The first-order valence-corrected chi connectivity index (χ1v) is 10.6. The number of nitrogens with two attached hydrogens (primary N) is 1. The van der Waals surface area contributed by atoms with Crippen LogP contribution in [0, 0.1) is 0 Å². The Kier molecular flexibility index (Phi) is 4.85. The molecule has 4 rings (SSSR count). The van der Waals surface area contributed by atoms with Gasteiger partial charge in [0.1, 0.15) is 6.04 Å². The number of sulfonamides is 1. The minimum atomic E-state index is -3.75. The zero-order valence-electron chi connectivity index (χ0n) is 14.8. The molecule has 3 aromatic rings. The molecule has 0 bridgehead atoms. The number of hydrogen-bond donors (Lipinski definition) is 2. The summed E-state index contributed by atoms with van der Waals surface area (Å²) < 4.78 is 23.1. The zero-order chi connectivity index (χ0) is 19.7. The van der Waals surface area contributed by atoms with E-state index in [1.165, 1.54) is 12.1 Å². The largest absolute Gasteiger partial charge is 0.296 e. The summed E-state index contributed by atoms with van der Waals surface area (Å²) in [5, 5.41) is 7.80. The quantitative estimate of drug-likeness (QED) is 0.680. The van der Waals surface area contributed by atoms with Crippen LogP contribution in [0.15, 0.2) is 94.9 Å². The van der Waals surface area contributed by atoms with Crippen molar-refractivity contribution in [3.63, 3.8) is 0 Å². The molecule has 5 nitrogen and oxygen atoms in total. The molecule has 0 spiro atoms. The van der Waals surface area contributed by atoms with Crippen molar-refractivity contribution in [3.8, 4) is 0 Å². The highest BCUT2D eigenvalue weighted by molar-refractivity contribution is 7.89. The minimum Gasteiger partial charge on any atom is -0.296 e. The van der Waals surface area contributed by atoms with Gasteiger partial charge in [0.15, 0.2) is 0 Å². The third kappa shape index (κ3) is 3.49. The Morgan fingerprint density at radius 2 is 1.43 bits per heavy atom. The van der Waals surface area contributed by atoms with Crippen molar-refractivity contribution >= 4 is 33.0 Å². The molecule has 3 aromatic carbocycles. The number of anilines is 1. The number of benzene rings is 3. The van der Waals surface area contributed by atoms with Crippen LogP contribution in [0.4, 0.5) is 5.69 Å². The number of rotatable bonds is 4. The molecule has 0 aliphatic carbocycles. The van der Waals surface area contributed by atoms with Crippen LogP contribution in [-0.2, 0) is 10.0 Å². The van der Waals surface area contributed by atoms with E-state index in [0.29, 0.717) is 5.03 Å². The first-order valence-electron chi connectivity index (χ1n) is 8.64. The van der Waals surface area contributed by atoms with Gasteiger partial charge >= 0.3 is 0 Å². The third-order valence-electron chi connectivity index (χ3n) is 4.59. The fourth-order valence-electron chi connectivity index (χ4n) is 3.24. The third-order valence-corrected chi connectivity index (χ3v) is 5.92. The second kappa shape index (κ2) is 7.31. The molecule has 0 saturated carbocycles. The van der Waals surface area contributed by atoms with Gasteiger partial charge in [-0.1, -0.05) is 72.3 Å². The van der Waals surface area contributed by atoms with Crippen molar-refractivity contribution in [1.29, 1.82) is 0 Å². The van der Waals surface area contributed by atoms with E-state index < -0.39 is 10.0 Å². The second-order valence-electron chi connectivity index (χ2n) is 6.42. The van der Waals surface area contributed by atoms with E-state index in [1.807, 2.05) is 65.7 Å². The maximum atomic E-state index is 11.6. The van der Waals surface area contributed by atoms with Gasteiger partial charge < -0.3 is 0 Å². The summed E-state index contributed by atoms with van der Waals surface area (Å²) in [7, 11) is -3.75. The van der Waals surface area contributed by atoms with Gasteiger partial charge in [-0.15, -0.1) is 0 Å². The lowest BCUT2D eigenvalue weighted by Crippen LogP contribution is -2.34. The molecule has 0 saturated heterocycles. The molecule has 1 aliphatic rings. The molecule has 1 atom stereocenters. The van der Waals surface area contributed by atoms with E-state index in [-0.39, 0.29) is 10.9 Å². The van der Waals surface area contributed by atoms with Crippen molar-refractivity contribution in [1.82, 2.24) is 5.43 Å². The summed E-state index contributed by atoms with van der Waals surface area (Å²) in [6, 6.07) is 25.9. The zero-order valence-corrected chi connectivity index (χ0v) is 16.4. The molecule has 1 heterocycles. The van der Waals surface area contributed by atoms with Gasteiger partial charge in [0.25, 0.3) is 0 Å². The van der Waals surface area contributed by atoms with E-state index in [4.69, 9.17) is 16.7 Å². The summed E-state index contributed by atoms with van der Waals surface area (Å²) in [6.07, 6.45) is 0. The van der Waals surface area contributed by atoms with Gasteiger partial charge in [0, 0.05) is 5.56 Å². The first-order chi connectivity index (χ1) is 13.4. The molecule has 1 unspecified atom stereocenters. The van der Waals surface area contributed by atoms with Crippen LogP contribution in [0.5, 0.6) is 0 Å². The normalized spacial score (nSPS) is 16.9. The SMILES string of the molecule is NS(=O)(=O)c1ccc(N2NC(c3ccccc3)=C(Cl)C2c2ccccc2)cc1. The van der Waals surface area contributed by atoms with Crippen molar-refractivity contribution in [3.05, 3.63) is 101 Å². The monoisotopic (exact) mass is 411 g/mol. The number of hydrazine groups is 1. The predicted molar refractivity (Wildman–Crippen MR) is 112 cm³/mol. The number of primary sulfonamides is 1. The lowest BCUT2D eigenvalue weighted by molar-refractivity contribution is 0.597. The smallest absolute Gasteiger partial charge is 0.238 e. The van der Waals surface area contributed by atoms with Crippen molar-refractivity contribution in [2.24, 2.45) is 5.14 Å². The predicted octanol–water partition coefficient (Wildman–Crippen LogP) is 4.01. The Labute approximate surface area is 169 Å². The molecule has 142 valence electrons. The maximum absolute atomic E-state index is 11.6. The molecule has 0 aromatic heterocycles. The van der Waals surface area contributed by atoms with Crippen LogP contribution in [0.2, 0.25) is 0 Å². The van der Waals surface area contributed by atoms with Gasteiger partial charge in [-0.05, 0) is 29.8 Å². The Morgan fingerprint density at radius 1 is 0.857 bits per heavy atom. The van der Waals surface area contributed by atoms with Crippen molar-refractivity contribution in [2.45, 2.75) is 10.9 Å². The van der Waals surface area contributed by atoms with Crippen LogP contribution in [0.1, 0.15) is 17.2 Å². The molecular weight excluding hydrogens is 394 g/mol. The lowest BCUT2D eigenvalue weighted by atomic mass is 10.0. The van der Waals surface area contributed by atoms with E-state index in [0.717, 1.165) is 22.5 Å². The Bertz CT molecular complexity index is 1120. The number of nitrogens with zero attached hydrogens (tertiary/aromatic N) is 1. The second-order valence-corrected chi connectivity index (χ2v) is 8.39. The summed E-state index contributed by atoms with van der Waals surface area (Å²) in [5.74, 6) is 0. The number of halogens is 1. The average Bonchev–Trinajstić information content (AvgIpc) is 3.06. The van der Waals surface area contributed by atoms with Crippen LogP contribution in [0.3, 0.4) is 0 Å². The fourth-order valence-corrected chi connectivity index (χ4v) is 4.13. The van der Waals surface area contributed by atoms with Crippen LogP contribution < -0.4 is 15.6 Å². The molecule has 1 aliphatic heterocycles. The molecule has 0 fully saturated rings. The van der Waals surface area contributed by atoms with Gasteiger partial charge in [0.05, 0.1) is 21.3 Å². The minimum absolute atomic E-state index is 0.0639. The first kappa shape index (κ1) is 18.6. The number of hydrogen-bond acceptors (Lipinski definition) is 4. The molecular formula is C21H18ClN3O2S. The highest BCUT2D eigenvalue weighted by Gasteiger charge is 2.34. The molecule has 28 heavy (non-hydrogen) atoms. The number of nitrogens with one attached hydrogen (secondary N) is 1. The molecule has 0 radical (unpaired) electrons. The highest BCUT2D eigenvalue weighted by Crippen LogP contribution is 2.42. The lowest BCUT2D eigenvalue weighted by Gasteiger charge is -2.28. The Morgan fingerprint density at radius 3 is 2.00 bits per heavy atom. The van der Waals surface area contributed by atoms with Crippen LogP contribution in [0.25, 0.3) is 5.70 Å². The van der Waals surface area contributed by atoms with Crippen LogP contribution >= 0.6 is 11.6 Å². The van der Waals surface area contributed by atoms with Gasteiger partial charge in [0.2, 0.25) is 10.0 Å². The molecule has 7 heteroatoms. The van der Waals surface area contributed by atoms with E-state index in [9.17, 15) is 8.42 Å². The Balaban J connectivity index is 1.78. The fraction of sp³-hybridized carbons (Fsp3) is 0.0476. The maximum Gasteiger partial charge on any atom is 0.238 e. The van der Waals surface area contributed by atoms with Gasteiger partial charge in [-0.2, -0.15) is 0 Å². The Hall–Kier alpha value is -2.80. The van der Waals surface area contributed by atoms with Crippen molar-refractivity contribution in [2.75, 3.05) is 5.01 Å². The highest BCUT2D eigenvalue weighted by atomic mass is 35.5. The summed E-state index contributed by atoms with van der Waals surface area (Å²) in [6.45, 7) is 0. The van der Waals surface area contributed by atoms with Crippen LogP contribution in [-0.4, -0.2) is 8.42 Å². The van der Waals surface area contributed by atoms with Crippen molar-refractivity contribution < 1.29 is 8.42 Å². The summed E-state index contributed by atoms with van der Waals surface area (Å²) in [4.78, 5) is 0.0639. The summed E-state index contributed by atoms with van der Waals surface area (Å²) in [5.41, 5.74) is 6.95. The summed E-state index contributed by atoms with van der Waals surface area (Å²) >= 11 is 6.82. The van der Waals surface area contributed by atoms with Gasteiger partial charge in [-0.3, -0.25) is 10.4 Å². The topological polar surface area (TPSA) is 75.4 Å². The van der Waals surface area contributed by atoms with E-state index in [1.54, 1.807) is 12.1 Å². The standard InChI is InChI=1S/C21H18ClN3O2S/c22-19-20(15-7-3-1-4-8-15)24-25(21(19)16-9-5-2-6-10-16)17-11-13-18(14-12-17)28(23,26)27/h1-14,21,24H,(H2,23,26,27). The average molecular weight is 412 g/mol. The van der Waals surface area contributed by atoms with Gasteiger partial charge in [-0.25, -0.2) is 13.6 Å². The van der Waals surface area contributed by atoms with E-state index >= 15 is 0 Å². The molecule has 0 amide bonds. The molecule has 3 N–H and O–H groups in total. The van der Waals surface area contributed by atoms with E-state index in [2.05, 4.69) is 5.43 Å².